The first kappa shape index (κ1) is 20.1. The van der Waals surface area contributed by atoms with Crippen LogP contribution in [-0.2, 0) is 0 Å². The molecule has 1 saturated carbocycles. The van der Waals surface area contributed by atoms with Gasteiger partial charge >= 0.3 is 0 Å². The van der Waals surface area contributed by atoms with Crippen molar-refractivity contribution in [2.24, 2.45) is 11.7 Å². The van der Waals surface area contributed by atoms with E-state index in [1.807, 2.05) is 61.5 Å². The molecule has 1 aliphatic carbocycles. The molecule has 4 rings (SSSR count). The zero-order chi connectivity index (χ0) is 18.8. The molecule has 1 aromatic heterocycles. The first-order valence-electron chi connectivity index (χ1n) is 9.38. The van der Waals surface area contributed by atoms with Crippen LogP contribution in [0.5, 0.6) is 0 Å². The van der Waals surface area contributed by atoms with E-state index in [1.54, 1.807) is 10.9 Å². The summed E-state index contributed by atoms with van der Waals surface area (Å²) in [7, 11) is 0. The lowest BCUT2D eigenvalue weighted by atomic mass is 10.0. The summed E-state index contributed by atoms with van der Waals surface area (Å²) < 4.78 is 1.76. The van der Waals surface area contributed by atoms with Crippen molar-refractivity contribution in [3.8, 4) is 16.9 Å². The number of para-hydroxylation sites is 1. The summed E-state index contributed by atoms with van der Waals surface area (Å²) in [6, 6.07) is 17.8. The molecular weight excluding hydrogens is 372 g/mol. The van der Waals surface area contributed by atoms with E-state index in [0.29, 0.717) is 23.7 Å². The number of carbonyl (C=O) groups is 1. The molecule has 1 heterocycles. The number of hydrogen-bond donors (Lipinski definition) is 2. The van der Waals surface area contributed by atoms with Gasteiger partial charge in [-0.2, -0.15) is 5.10 Å². The third kappa shape index (κ3) is 4.26. The molecule has 1 fully saturated rings. The molecule has 1 unspecified atom stereocenters. The van der Waals surface area contributed by atoms with E-state index < -0.39 is 0 Å². The van der Waals surface area contributed by atoms with Crippen LogP contribution in [0.3, 0.4) is 0 Å². The van der Waals surface area contributed by atoms with E-state index in [0.717, 1.165) is 29.7 Å². The van der Waals surface area contributed by atoms with Crippen LogP contribution in [0, 0.1) is 12.8 Å². The Morgan fingerprint density at radius 2 is 1.86 bits per heavy atom. The maximum Gasteiger partial charge on any atom is 0.255 e. The second-order valence-corrected chi connectivity index (χ2v) is 7.20. The lowest BCUT2D eigenvalue weighted by molar-refractivity contribution is 0.0951. The molecule has 2 aromatic carbocycles. The van der Waals surface area contributed by atoms with Crippen LogP contribution in [0.1, 0.15) is 28.8 Å². The van der Waals surface area contributed by atoms with E-state index in [9.17, 15) is 4.79 Å². The van der Waals surface area contributed by atoms with Crippen LogP contribution >= 0.6 is 12.4 Å². The van der Waals surface area contributed by atoms with Gasteiger partial charge in [-0.1, -0.05) is 42.5 Å². The predicted octanol–water partition coefficient (Wildman–Crippen LogP) is 3.74. The van der Waals surface area contributed by atoms with E-state index in [-0.39, 0.29) is 24.4 Å². The van der Waals surface area contributed by atoms with Gasteiger partial charge < -0.3 is 11.1 Å². The fraction of sp³-hybridized carbons (Fsp3) is 0.273. The van der Waals surface area contributed by atoms with Crippen molar-refractivity contribution >= 4 is 18.3 Å². The Morgan fingerprint density at radius 3 is 2.54 bits per heavy atom. The average molecular weight is 397 g/mol. The first-order chi connectivity index (χ1) is 13.1. The standard InChI is InChI=1S/C22H24N4O.ClH/c1-15-7-5-6-10-18(15)21-19(22(27)24-13-20(23)16-11-12-16)14-26(25-21)17-8-3-2-4-9-17;/h2-10,14,16,20H,11-13,23H2,1H3,(H,24,27);1H. The van der Waals surface area contributed by atoms with Crippen LogP contribution in [0.25, 0.3) is 16.9 Å². The Bertz CT molecular complexity index is 950. The zero-order valence-electron chi connectivity index (χ0n) is 15.8. The van der Waals surface area contributed by atoms with Crippen LogP contribution in [-0.4, -0.2) is 28.3 Å². The highest BCUT2D eigenvalue weighted by atomic mass is 35.5. The summed E-state index contributed by atoms with van der Waals surface area (Å²) in [5.41, 5.74) is 10.4. The van der Waals surface area contributed by atoms with E-state index >= 15 is 0 Å². The number of halogens is 1. The predicted molar refractivity (Wildman–Crippen MR) is 114 cm³/mol. The van der Waals surface area contributed by atoms with Gasteiger partial charge in [-0.15, -0.1) is 12.4 Å². The van der Waals surface area contributed by atoms with E-state index in [2.05, 4.69) is 5.32 Å². The second kappa shape index (κ2) is 8.59. The molecule has 0 aliphatic heterocycles. The topological polar surface area (TPSA) is 72.9 Å². The van der Waals surface area contributed by atoms with Crippen molar-refractivity contribution in [2.45, 2.75) is 25.8 Å². The highest BCUT2D eigenvalue weighted by Crippen LogP contribution is 2.31. The van der Waals surface area contributed by atoms with Gasteiger partial charge in [0.2, 0.25) is 0 Å². The molecule has 3 N–H and O–H groups in total. The fourth-order valence-corrected chi connectivity index (χ4v) is 3.29. The van der Waals surface area contributed by atoms with E-state index in [4.69, 9.17) is 10.8 Å². The summed E-state index contributed by atoms with van der Waals surface area (Å²) in [4.78, 5) is 12.9. The van der Waals surface area contributed by atoms with Gasteiger partial charge in [0, 0.05) is 24.3 Å². The van der Waals surface area contributed by atoms with Gasteiger partial charge in [-0.25, -0.2) is 4.68 Å². The fourth-order valence-electron chi connectivity index (χ4n) is 3.29. The van der Waals surface area contributed by atoms with Gasteiger partial charge in [0.25, 0.3) is 5.91 Å². The molecule has 1 atom stereocenters. The number of rotatable bonds is 6. The van der Waals surface area contributed by atoms with Gasteiger partial charge in [-0.3, -0.25) is 4.79 Å². The quantitative estimate of drug-likeness (QED) is 0.666. The second-order valence-electron chi connectivity index (χ2n) is 7.20. The highest BCUT2D eigenvalue weighted by Gasteiger charge is 2.29. The Hall–Kier alpha value is -2.63. The molecule has 0 spiro atoms. The molecule has 0 bridgehead atoms. The Balaban J connectivity index is 0.00000225. The van der Waals surface area contributed by atoms with Crippen molar-refractivity contribution in [1.82, 2.24) is 15.1 Å². The molecule has 28 heavy (non-hydrogen) atoms. The van der Waals surface area contributed by atoms with Crippen LogP contribution in [0.15, 0.2) is 60.8 Å². The molecule has 0 saturated heterocycles. The number of aromatic nitrogens is 2. The molecule has 1 amide bonds. The molecular formula is C22H25ClN4O. The SMILES string of the molecule is Cc1ccccc1-c1nn(-c2ccccc2)cc1C(=O)NCC(N)C1CC1.Cl. The summed E-state index contributed by atoms with van der Waals surface area (Å²) in [5.74, 6) is 0.416. The smallest absolute Gasteiger partial charge is 0.255 e. The van der Waals surface area contributed by atoms with Crippen LogP contribution in [0.4, 0.5) is 0 Å². The van der Waals surface area contributed by atoms with Crippen molar-refractivity contribution in [3.05, 3.63) is 71.9 Å². The number of nitrogens with two attached hydrogens (primary N) is 1. The largest absolute Gasteiger partial charge is 0.350 e. The van der Waals surface area contributed by atoms with Gasteiger partial charge in [0.1, 0.15) is 5.69 Å². The maximum atomic E-state index is 12.9. The summed E-state index contributed by atoms with van der Waals surface area (Å²) >= 11 is 0. The number of hydrogen-bond acceptors (Lipinski definition) is 3. The number of carbonyl (C=O) groups excluding carboxylic acids is 1. The van der Waals surface area contributed by atoms with Crippen LogP contribution < -0.4 is 11.1 Å². The lowest BCUT2D eigenvalue weighted by Crippen LogP contribution is -2.38. The number of amides is 1. The maximum absolute atomic E-state index is 12.9. The lowest BCUT2D eigenvalue weighted by Gasteiger charge is -2.11. The zero-order valence-corrected chi connectivity index (χ0v) is 16.7. The van der Waals surface area contributed by atoms with E-state index in [1.165, 1.54) is 0 Å². The number of nitrogens with one attached hydrogen (secondary N) is 1. The average Bonchev–Trinajstić information content (AvgIpc) is 3.46. The van der Waals surface area contributed by atoms with Crippen LogP contribution in [0.2, 0.25) is 0 Å². The van der Waals surface area contributed by atoms with Crippen molar-refractivity contribution in [1.29, 1.82) is 0 Å². The molecule has 1 aliphatic rings. The summed E-state index contributed by atoms with van der Waals surface area (Å²) in [5, 5.41) is 7.73. The monoisotopic (exact) mass is 396 g/mol. The third-order valence-corrected chi connectivity index (χ3v) is 5.11. The van der Waals surface area contributed by atoms with Gasteiger partial charge in [0.15, 0.2) is 0 Å². The molecule has 3 aromatic rings. The number of aryl methyl sites for hydroxylation is 1. The van der Waals surface area contributed by atoms with Crippen molar-refractivity contribution in [2.75, 3.05) is 6.54 Å². The minimum Gasteiger partial charge on any atom is -0.350 e. The highest BCUT2D eigenvalue weighted by molar-refractivity contribution is 6.00. The summed E-state index contributed by atoms with van der Waals surface area (Å²) in [6.07, 6.45) is 4.13. The third-order valence-electron chi connectivity index (χ3n) is 5.11. The minimum absolute atomic E-state index is 0. The van der Waals surface area contributed by atoms with Gasteiger partial charge in [0.05, 0.1) is 11.3 Å². The Kier molecular flexibility index (Phi) is 6.17. The van der Waals surface area contributed by atoms with Crippen molar-refractivity contribution < 1.29 is 4.79 Å². The normalized spacial score (nSPS) is 14.2. The Labute approximate surface area is 171 Å². The molecule has 5 nitrogen and oxygen atoms in total. The molecule has 6 heteroatoms. The number of nitrogens with zero attached hydrogens (tertiary/aromatic N) is 2. The summed E-state index contributed by atoms with van der Waals surface area (Å²) in [6.45, 7) is 2.52. The Morgan fingerprint density at radius 1 is 1.18 bits per heavy atom. The molecule has 146 valence electrons. The first-order valence-corrected chi connectivity index (χ1v) is 9.38. The minimum atomic E-state index is -0.133. The number of benzene rings is 2. The van der Waals surface area contributed by atoms with Gasteiger partial charge in [-0.05, 0) is 43.4 Å². The molecule has 0 radical (unpaired) electrons. The van der Waals surface area contributed by atoms with Crippen molar-refractivity contribution in [3.63, 3.8) is 0 Å².